The van der Waals surface area contributed by atoms with Gasteiger partial charge in [-0.15, -0.1) is 5.48 Å². The van der Waals surface area contributed by atoms with Crippen molar-refractivity contribution >= 4 is 5.97 Å². The van der Waals surface area contributed by atoms with Crippen molar-refractivity contribution in [1.82, 2.24) is 5.48 Å². The zero-order chi connectivity index (χ0) is 12.9. The van der Waals surface area contributed by atoms with E-state index in [4.69, 9.17) is 4.84 Å². The molecule has 0 aliphatic rings. The van der Waals surface area contributed by atoms with E-state index >= 15 is 0 Å². The summed E-state index contributed by atoms with van der Waals surface area (Å²) in [5.41, 5.74) is 4.71. The molecule has 0 aliphatic heterocycles. The molecule has 0 fully saturated rings. The Balaban J connectivity index is 2.88. The van der Waals surface area contributed by atoms with E-state index in [1.165, 1.54) is 5.56 Å². The van der Waals surface area contributed by atoms with Crippen molar-refractivity contribution in [3.05, 3.63) is 48.0 Å². The predicted octanol–water partition coefficient (Wildman–Crippen LogP) is 2.72. The van der Waals surface area contributed by atoms with Crippen molar-refractivity contribution in [2.45, 2.75) is 32.7 Å². The SMILES string of the molecule is C=CC(=O)ONC(C)(C)c1ccccc1CC. The van der Waals surface area contributed by atoms with Gasteiger partial charge in [0.05, 0.1) is 5.54 Å². The van der Waals surface area contributed by atoms with Gasteiger partial charge >= 0.3 is 5.97 Å². The Hall–Kier alpha value is -1.61. The van der Waals surface area contributed by atoms with Crippen molar-refractivity contribution in [2.75, 3.05) is 0 Å². The van der Waals surface area contributed by atoms with Crippen LogP contribution in [0.25, 0.3) is 0 Å². The molecule has 0 saturated carbocycles. The molecule has 1 rings (SSSR count). The Bertz CT molecular complexity index is 410. The van der Waals surface area contributed by atoms with Crippen LogP contribution in [0, 0.1) is 0 Å². The number of carbonyl (C=O) groups is 1. The molecule has 17 heavy (non-hydrogen) atoms. The summed E-state index contributed by atoms with van der Waals surface area (Å²) in [4.78, 5) is 15.9. The molecule has 0 amide bonds. The van der Waals surface area contributed by atoms with Gasteiger partial charge in [-0.3, -0.25) is 0 Å². The second kappa shape index (κ2) is 5.64. The fraction of sp³-hybridized carbons (Fsp3) is 0.357. The van der Waals surface area contributed by atoms with Crippen LogP contribution < -0.4 is 5.48 Å². The van der Waals surface area contributed by atoms with Gasteiger partial charge in [0.25, 0.3) is 0 Å². The summed E-state index contributed by atoms with van der Waals surface area (Å²) >= 11 is 0. The molecule has 0 saturated heterocycles. The Morgan fingerprint density at radius 3 is 2.71 bits per heavy atom. The highest BCUT2D eigenvalue weighted by atomic mass is 16.7. The number of nitrogens with one attached hydrogen (secondary N) is 1. The third-order valence-electron chi connectivity index (χ3n) is 2.65. The highest BCUT2D eigenvalue weighted by Crippen LogP contribution is 2.24. The third-order valence-corrected chi connectivity index (χ3v) is 2.65. The van der Waals surface area contributed by atoms with Crippen molar-refractivity contribution in [2.24, 2.45) is 0 Å². The van der Waals surface area contributed by atoms with Crippen molar-refractivity contribution < 1.29 is 9.63 Å². The van der Waals surface area contributed by atoms with Gasteiger partial charge in [-0.2, -0.15) is 0 Å². The molecule has 0 radical (unpaired) electrons. The second-order valence-corrected chi connectivity index (χ2v) is 4.36. The van der Waals surface area contributed by atoms with Crippen LogP contribution in [0.5, 0.6) is 0 Å². The second-order valence-electron chi connectivity index (χ2n) is 4.36. The highest BCUT2D eigenvalue weighted by molar-refractivity contribution is 5.80. The van der Waals surface area contributed by atoms with Crippen LogP contribution in [-0.2, 0) is 21.6 Å². The minimum atomic E-state index is -0.480. The predicted molar refractivity (Wildman–Crippen MR) is 68.3 cm³/mol. The Morgan fingerprint density at radius 2 is 2.12 bits per heavy atom. The zero-order valence-corrected chi connectivity index (χ0v) is 10.6. The normalized spacial score (nSPS) is 11.0. The molecule has 92 valence electrons. The van der Waals surface area contributed by atoms with E-state index in [2.05, 4.69) is 25.0 Å². The molecule has 3 nitrogen and oxygen atoms in total. The van der Waals surface area contributed by atoms with Crippen molar-refractivity contribution in [3.63, 3.8) is 0 Å². The van der Waals surface area contributed by atoms with Crippen LogP contribution in [0.4, 0.5) is 0 Å². The van der Waals surface area contributed by atoms with Crippen LogP contribution in [0.1, 0.15) is 31.9 Å². The Kier molecular flexibility index (Phi) is 4.46. The highest BCUT2D eigenvalue weighted by Gasteiger charge is 2.24. The van der Waals surface area contributed by atoms with Crippen molar-refractivity contribution in [1.29, 1.82) is 0 Å². The van der Waals surface area contributed by atoms with Crippen molar-refractivity contribution in [3.8, 4) is 0 Å². The molecule has 0 heterocycles. The topological polar surface area (TPSA) is 38.3 Å². The van der Waals surface area contributed by atoms with Gasteiger partial charge in [0.1, 0.15) is 0 Å². The lowest BCUT2D eigenvalue weighted by Gasteiger charge is -2.27. The van der Waals surface area contributed by atoms with Gasteiger partial charge in [0.2, 0.25) is 0 Å². The van der Waals surface area contributed by atoms with Crippen LogP contribution in [0.2, 0.25) is 0 Å². The van der Waals surface area contributed by atoms with Gasteiger partial charge in [0.15, 0.2) is 0 Å². The van der Waals surface area contributed by atoms with Gasteiger partial charge in [0, 0.05) is 6.08 Å². The number of benzene rings is 1. The fourth-order valence-corrected chi connectivity index (χ4v) is 1.71. The standard InChI is InChI=1S/C14H19NO2/c1-5-11-9-7-8-10-12(11)14(3,4)15-17-13(16)6-2/h6-10,15H,2,5H2,1,3-4H3. The smallest absolute Gasteiger partial charge is 0.348 e. The number of rotatable bonds is 5. The number of hydroxylamine groups is 1. The molecule has 0 spiro atoms. The van der Waals surface area contributed by atoms with E-state index in [1.54, 1.807) is 0 Å². The summed E-state index contributed by atoms with van der Waals surface area (Å²) in [6, 6.07) is 8.10. The zero-order valence-electron chi connectivity index (χ0n) is 10.6. The molecular weight excluding hydrogens is 214 g/mol. The monoisotopic (exact) mass is 233 g/mol. The third kappa shape index (κ3) is 3.43. The van der Waals surface area contributed by atoms with Crippen LogP contribution in [0.3, 0.4) is 0 Å². The summed E-state index contributed by atoms with van der Waals surface area (Å²) < 4.78 is 0. The molecule has 0 atom stereocenters. The number of aryl methyl sites for hydroxylation is 1. The van der Waals surface area contributed by atoms with E-state index in [0.29, 0.717) is 0 Å². The molecule has 3 heteroatoms. The molecule has 1 aromatic carbocycles. The lowest BCUT2D eigenvalue weighted by atomic mass is 9.90. The average Bonchev–Trinajstić information content (AvgIpc) is 2.35. The molecule has 1 N–H and O–H groups in total. The molecule has 0 unspecified atom stereocenters. The van der Waals surface area contributed by atoms with E-state index in [1.807, 2.05) is 32.0 Å². The molecule has 0 aliphatic carbocycles. The summed E-state index contributed by atoms with van der Waals surface area (Å²) in [6.07, 6.45) is 2.07. The minimum absolute atomic E-state index is 0.425. The maximum absolute atomic E-state index is 11.0. The van der Waals surface area contributed by atoms with E-state index in [-0.39, 0.29) is 0 Å². The lowest BCUT2D eigenvalue weighted by Crippen LogP contribution is -2.38. The number of hydrogen-bond donors (Lipinski definition) is 1. The first-order valence-corrected chi connectivity index (χ1v) is 5.70. The quantitative estimate of drug-likeness (QED) is 0.627. The minimum Gasteiger partial charge on any atom is -0.366 e. The van der Waals surface area contributed by atoms with Crippen LogP contribution in [-0.4, -0.2) is 5.97 Å². The average molecular weight is 233 g/mol. The first-order chi connectivity index (χ1) is 8.01. The van der Waals surface area contributed by atoms with Gasteiger partial charge < -0.3 is 4.84 Å². The molecule has 0 aromatic heterocycles. The van der Waals surface area contributed by atoms with Crippen LogP contribution in [0.15, 0.2) is 36.9 Å². The van der Waals surface area contributed by atoms with E-state index < -0.39 is 11.5 Å². The Labute approximate surface area is 102 Å². The summed E-state index contributed by atoms with van der Waals surface area (Å²) in [5.74, 6) is -0.480. The maximum Gasteiger partial charge on any atom is 0.348 e. The first-order valence-electron chi connectivity index (χ1n) is 5.70. The summed E-state index contributed by atoms with van der Waals surface area (Å²) in [6.45, 7) is 9.40. The van der Waals surface area contributed by atoms with Crippen LogP contribution >= 0.6 is 0 Å². The Morgan fingerprint density at radius 1 is 1.47 bits per heavy atom. The molecule has 0 bridgehead atoms. The lowest BCUT2D eigenvalue weighted by molar-refractivity contribution is -0.149. The largest absolute Gasteiger partial charge is 0.366 e. The number of carbonyl (C=O) groups excluding carboxylic acids is 1. The number of hydrogen-bond acceptors (Lipinski definition) is 3. The molecular formula is C14H19NO2. The van der Waals surface area contributed by atoms with Gasteiger partial charge in [-0.25, -0.2) is 4.79 Å². The van der Waals surface area contributed by atoms with E-state index in [0.717, 1.165) is 18.1 Å². The summed E-state index contributed by atoms with van der Waals surface area (Å²) in [5, 5.41) is 0. The molecule has 1 aromatic rings. The van der Waals surface area contributed by atoms with Gasteiger partial charge in [-0.05, 0) is 31.4 Å². The first kappa shape index (κ1) is 13.5. The fourth-order valence-electron chi connectivity index (χ4n) is 1.71. The van der Waals surface area contributed by atoms with Gasteiger partial charge in [-0.1, -0.05) is 37.8 Å². The summed E-state index contributed by atoms with van der Waals surface area (Å²) in [7, 11) is 0. The van der Waals surface area contributed by atoms with E-state index in [9.17, 15) is 4.79 Å². The maximum atomic E-state index is 11.0.